The van der Waals surface area contributed by atoms with Gasteiger partial charge in [0.25, 0.3) is 0 Å². The predicted octanol–water partition coefficient (Wildman–Crippen LogP) is 3.18. The van der Waals surface area contributed by atoms with Crippen LogP contribution in [0.1, 0.15) is 18.5 Å². The highest BCUT2D eigenvalue weighted by Crippen LogP contribution is 2.25. The van der Waals surface area contributed by atoms with Crippen molar-refractivity contribution in [2.45, 2.75) is 18.1 Å². The zero-order valence-electron chi connectivity index (χ0n) is 15.8. The molecular formula is C21H20N6OS. The topological polar surface area (TPSA) is 98.7 Å². The fourth-order valence-corrected chi connectivity index (χ4v) is 3.85. The van der Waals surface area contributed by atoms with E-state index in [1.807, 2.05) is 37.3 Å². The molecule has 0 unspecified atom stereocenters. The number of pyridine rings is 1. The Morgan fingerprint density at radius 1 is 1.14 bits per heavy atom. The molecule has 0 saturated carbocycles. The molecule has 0 aliphatic heterocycles. The second-order valence-electron chi connectivity index (χ2n) is 6.56. The van der Waals surface area contributed by atoms with Crippen molar-refractivity contribution < 1.29 is 4.79 Å². The zero-order chi connectivity index (χ0) is 20.2. The molecule has 4 aromatic rings. The van der Waals surface area contributed by atoms with Gasteiger partial charge in [0.2, 0.25) is 11.1 Å². The average molecular weight is 404 g/mol. The lowest BCUT2D eigenvalue weighted by Gasteiger charge is -2.16. The molecular weight excluding hydrogens is 384 g/mol. The molecule has 8 heteroatoms. The summed E-state index contributed by atoms with van der Waals surface area (Å²) in [5.74, 6) is 6.69. The number of nitrogens with zero attached hydrogens (tertiary/aromatic N) is 4. The number of hydrogen-bond acceptors (Lipinski definition) is 6. The highest BCUT2D eigenvalue weighted by molar-refractivity contribution is 7.99. The third kappa shape index (κ3) is 4.07. The SMILES string of the molecule is C[C@@H](NC(=O)CSc1nnc(-c2cccnc2)n1N)c1cccc2ccccc12. The van der Waals surface area contributed by atoms with Gasteiger partial charge < -0.3 is 11.2 Å². The van der Waals surface area contributed by atoms with Gasteiger partial charge in [0, 0.05) is 18.0 Å². The maximum Gasteiger partial charge on any atom is 0.230 e. The summed E-state index contributed by atoms with van der Waals surface area (Å²) in [7, 11) is 0. The number of amides is 1. The van der Waals surface area contributed by atoms with Crippen molar-refractivity contribution in [1.29, 1.82) is 0 Å². The zero-order valence-corrected chi connectivity index (χ0v) is 16.6. The summed E-state index contributed by atoms with van der Waals surface area (Å²) < 4.78 is 1.38. The third-order valence-corrected chi connectivity index (χ3v) is 5.53. The van der Waals surface area contributed by atoms with Crippen molar-refractivity contribution in [2.75, 3.05) is 11.6 Å². The van der Waals surface area contributed by atoms with Gasteiger partial charge in [0.15, 0.2) is 5.82 Å². The van der Waals surface area contributed by atoms with Crippen molar-refractivity contribution in [1.82, 2.24) is 25.2 Å². The Morgan fingerprint density at radius 2 is 1.97 bits per heavy atom. The van der Waals surface area contributed by atoms with Crippen LogP contribution in [0.2, 0.25) is 0 Å². The van der Waals surface area contributed by atoms with Crippen LogP contribution in [-0.2, 0) is 4.79 Å². The van der Waals surface area contributed by atoms with Gasteiger partial charge in [0.1, 0.15) is 0 Å². The molecule has 2 aromatic carbocycles. The van der Waals surface area contributed by atoms with Crippen molar-refractivity contribution in [3.63, 3.8) is 0 Å². The minimum atomic E-state index is -0.115. The van der Waals surface area contributed by atoms with E-state index < -0.39 is 0 Å². The number of thioether (sulfide) groups is 1. The van der Waals surface area contributed by atoms with E-state index in [1.165, 1.54) is 16.4 Å². The van der Waals surface area contributed by atoms with Crippen LogP contribution in [0.5, 0.6) is 0 Å². The second-order valence-corrected chi connectivity index (χ2v) is 7.51. The van der Waals surface area contributed by atoms with E-state index in [4.69, 9.17) is 5.84 Å². The maximum absolute atomic E-state index is 12.5. The summed E-state index contributed by atoms with van der Waals surface area (Å²) in [6.45, 7) is 1.98. The van der Waals surface area contributed by atoms with Gasteiger partial charge >= 0.3 is 0 Å². The van der Waals surface area contributed by atoms with Crippen LogP contribution in [0.3, 0.4) is 0 Å². The van der Waals surface area contributed by atoms with E-state index >= 15 is 0 Å². The number of hydrogen-bond donors (Lipinski definition) is 2. The average Bonchev–Trinajstić information content (AvgIpc) is 3.12. The molecule has 0 radical (unpaired) electrons. The first-order valence-corrected chi connectivity index (χ1v) is 10.1. The molecule has 29 heavy (non-hydrogen) atoms. The Kier molecular flexibility index (Phi) is 5.44. The normalized spacial score (nSPS) is 12.0. The van der Waals surface area contributed by atoms with E-state index in [2.05, 4.69) is 38.7 Å². The lowest BCUT2D eigenvalue weighted by Crippen LogP contribution is -2.28. The number of aromatic nitrogens is 4. The Labute approximate surface area is 172 Å². The highest BCUT2D eigenvalue weighted by atomic mass is 32.2. The van der Waals surface area contributed by atoms with E-state index in [0.29, 0.717) is 11.0 Å². The van der Waals surface area contributed by atoms with Crippen LogP contribution in [0.15, 0.2) is 72.1 Å². The summed E-state index contributed by atoms with van der Waals surface area (Å²) in [5.41, 5.74) is 1.85. The molecule has 2 heterocycles. The smallest absolute Gasteiger partial charge is 0.230 e. The fourth-order valence-electron chi connectivity index (χ4n) is 3.19. The van der Waals surface area contributed by atoms with Crippen LogP contribution in [-0.4, -0.2) is 31.5 Å². The number of nitrogens with one attached hydrogen (secondary N) is 1. The van der Waals surface area contributed by atoms with Gasteiger partial charge in [-0.3, -0.25) is 9.78 Å². The lowest BCUT2D eigenvalue weighted by atomic mass is 10.00. The Bertz CT molecular complexity index is 1140. The van der Waals surface area contributed by atoms with Crippen LogP contribution < -0.4 is 11.2 Å². The van der Waals surface area contributed by atoms with Gasteiger partial charge in [-0.2, -0.15) is 0 Å². The summed E-state index contributed by atoms with van der Waals surface area (Å²) in [6.07, 6.45) is 3.35. The molecule has 0 saturated heterocycles. The van der Waals surface area contributed by atoms with Crippen molar-refractivity contribution >= 4 is 28.4 Å². The van der Waals surface area contributed by atoms with Gasteiger partial charge in [-0.1, -0.05) is 54.2 Å². The molecule has 2 aromatic heterocycles. The Morgan fingerprint density at radius 3 is 2.79 bits per heavy atom. The number of benzene rings is 2. The van der Waals surface area contributed by atoms with Gasteiger partial charge in [-0.05, 0) is 35.4 Å². The standard InChI is InChI=1S/C21H20N6OS/c1-14(17-10-4-7-15-6-2-3-9-18(15)17)24-19(28)13-29-21-26-25-20(27(21)22)16-8-5-11-23-12-16/h2-12,14H,13,22H2,1H3,(H,24,28)/t14-/m1/s1. The monoisotopic (exact) mass is 404 g/mol. The number of fused-ring (bicyclic) bond motifs is 1. The molecule has 146 valence electrons. The van der Waals surface area contributed by atoms with Crippen molar-refractivity contribution in [2.24, 2.45) is 0 Å². The first-order chi connectivity index (χ1) is 14.1. The molecule has 7 nitrogen and oxygen atoms in total. The molecule has 0 spiro atoms. The Balaban J connectivity index is 1.41. The second kappa shape index (κ2) is 8.32. The highest BCUT2D eigenvalue weighted by Gasteiger charge is 2.16. The maximum atomic E-state index is 12.5. The summed E-state index contributed by atoms with van der Waals surface area (Å²) in [4.78, 5) is 16.5. The quantitative estimate of drug-likeness (QED) is 0.378. The predicted molar refractivity (Wildman–Crippen MR) is 115 cm³/mol. The van der Waals surface area contributed by atoms with Crippen LogP contribution in [0.25, 0.3) is 22.2 Å². The number of carbonyl (C=O) groups excluding carboxylic acids is 1. The summed E-state index contributed by atoms with van der Waals surface area (Å²) in [5, 5.41) is 14.0. The Hall–Kier alpha value is -3.39. The molecule has 0 fully saturated rings. The van der Waals surface area contributed by atoms with Gasteiger partial charge in [0.05, 0.1) is 11.8 Å². The van der Waals surface area contributed by atoms with E-state index in [1.54, 1.807) is 18.5 Å². The number of carbonyl (C=O) groups is 1. The van der Waals surface area contributed by atoms with Crippen molar-refractivity contribution in [3.05, 3.63) is 72.6 Å². The van der Waals surface area contributed by atoms with Crippen LogP contribution in [0.4, 0.5) is 0 Å². The third-order valence-electron chi connectivity index (χ3n) is 4.58. The number of nitrogens with two attached hydrogens (primary N) is 1. The fraction of sp³-hybridized carbons (Fsp3) is 0.143. The first kappa shape index (κ1) is 18.9. The van der Waals surface area contributed by atoms with E-state index in [-0.39, 0.29) is 17.7 Å². The molecule has 0 aliphatic rings. The molecule has 3 N–H and O–H groups in total. The number of nitrogen functional groups attached to an aromatic ring is 1. The van der Waals surface area contributed by atoms with Gasteiger partial charge in [-0.15, -0.1) is 10.2 Å². The van der Waals surface area contributed by atoms with Crippen LogP contribution in [0, 0.1) is 0 Å². The minimum absolute atomic E-state index is 0.0960. The summed E-state index contributed by atoms with van der Waals surface area (Å²) in [6, 6.07) is 17.8. The largest absolute Gasteiger partial charge is 0.349 e. The van der Waals surface area contributed by atoms with E-state index in [0.717, 1.165) is 21.9 Å². The van der Waals surface area contributed by atoms with Gasteiger partial charge in [-0.25, -0.2) is 4.68 Å². The first-order valence-electron chi connectivity index (χ1n) is 9.14. The summed E-state index contributed by atoms with van der Waals surface area (Å²) >= 11 is 1.24. The lowest BCUT2D eigenvalue weighted by molar-refractivity contribution is -0.119. The molecule has 0 bridgehead atoms. The molecule has 1 amide bonds. The molecule has 1 atom stereocenters. The van der Waals surface area contributed by atoms with Crippen molar-refractivity contribution in [3.8, 4) is 11.4 Å². The molecule has 0 aliphatic carbocycles. The van der Waals surface area contributed by atoms with Crippen LogP contribution >= 0.6 is 11.8 Å². The number of rotatable bonds is 6. The molecule has 4 rings (SSSR count). The minimum Gasteiger partial charge on any atom is -0.349 e. The van der Waals surface area contributed by atoms with E-state index in [9.17, 15) is 4.79 Å².